The predicted octanol–water partition coefficient (Wildman–Crippen LogP) is 4.78. The Kier molecular flexibility index (Phi) is 6.11. The van der Waals surface area contributed by atoms with Crippen molar-refractivity contribution >= 4 is 23.2 Å². The Bertz CT molecular complexity index is 674. The number of hydrogen-bond donors (Lipinski definition) is 0. The highest BCUT2D eigenvalue weighted by atomic mass is 35.5. The first-order chi connectivity index (χ1) is 12.0. The number of rotatable bonds is 4. The van der Waals surface area contributed by atoms with E-state index in [-0.39, 0.29) is 12.1 Å². The zero-order chi connectivity index (χ0) is 18.0. The van der Waals surface area contributed by atoms with E-state index in [9.17, 15) is 0 Å². The summed E-state index contributed by atoms with van der Waals surface area (Å²) in [5.41, 5.74) is 2.39. The highest BCUT2D eigenvalue weighted by Crippen LogP contribution is 2.39. The molecular formula is C20H26Cl2N2O. The molecular weight excluding hydrogens is 355 g/mol. The lowest BCUT2D eigenvalue weighted by atomic mass is 9.92. The fourth-order valence-electron chi connectivity index (χ4n) is 3.74. The molecule has 1 fully saturated rings. The third-order valence-corrected chi connectivity index (χ3v) is 5.77. The molecule has 25 heavy (non-hydrogen) atoms. The first kappa shape index (κ1) is 18.8. The zero-order valence-electron chi connectivity index (χ0n) is 15.1. The lowest BCUT2D eigenvalue weighted by Crippen LogP contribution is -2.54. The van der Waals surface area contributed by atoms with Crippen molar-refractivity contribution in [3.8, 4) is 0 Å². The summed E-state index contributed by atoms with van der Waals surface area (Å²) >= 11 is 12.7. The highest BCUT2D eigenvalue weighted by Gasteiger charge is 2.37. The van der Waals surface area contributed by atoms with E-state index in [4.69, 9.17) is 27.9 Å². The summed E-state index contributed by atoms with van der Waals surface area (Å²) in [6.45, 7) is 4.86. The largest absolute Gasteiger partial charge is 0.383 e. The van der Waals surface area contributed by atoms with E-state index >= 15 is 0 Å². The normalized spacial score (nSPS) is 27.5. The Labute approximate surface area is 160 Å². The van der Waals surface area contributed by atoms with Gasteiger partial charge in [-0.05, 0) is 43.2 Å². The van der Waals surface area contributed by atoms with Gasteiger partial charge in [0.05, 0.1) is 18.7 Å². The van der Waals surface area contributed by atoms with Crippen molar-refractivity contribution in [1.82, 2.24) is 9.80 Å². The SMILES string of the molecule is COC[C@@H]1[C@H](c2ccc(Cl)cc2Cl)N(C2=CCC(C)C=C2)CCN1C. The number of hydrogen-bond acceptors (Lipinski definition) is 3. The smallest absolute Gasteiger partial charge is 0.0735 e. The molecule has 0 saturated carbocycles. The first-order valence-electron chi connectivity index (χ1n) is 8.80. The number of halogens is 2. The third kappa shape index (κ3) is 4.06. The predicted molar refractivity (Wildman–Crippen MR) is 105 cm³/mol. The van der Waals surface area contributed by atoms with Gasteiger partial charge in [0, 0.05) is 35.9 Å². The van der Waals surface area contributed by atoms with Gasteiger partial charge in [-0.25, -0.2) is 0 Å². The van der Waals surface area contributed by atoms with E-state index in [1.54, 1.807) is 7.11 Å². The number of likely N-dealkylation sites (N-methyl/N-ethyl adjacent to an activating group) is 1. The molecule has 0 amide bonds. The second-order valence-corrected chi connectivity index (χ2v) is 7.85. The van der Waals surface area contributed by atoms with Crippen molar-refractivity contribution in [1.29, 1.82) is 0 Å². The minimum Gasteiger partial charge on any atom is -0.383 e. The van der Waals surface area contributed by atoms with Crippen LogP contribution in [0.2, 0.25) is 10.0 Å². The topological polar surface area (TPSA) is 15.7 Å². The van der Waals surface area contributed by atoms with Gasteiger partial charge in [0.25, 0.3) is 0 Å². The highest BCUT2D eigenvalue weighted by molar-refractivity contribution is 6.35. The van der Waals surface area contributed by atoms with Crippen LogP contribution in [0.5, 0.6) is 0 Å². The van der Waals surface area contributed by atoms with Crippen molar-refractivity contribution in [2.45, 2.75) is 25.4 Å². The lowest BCUT2D eigenvalue weighted by Gasteiger charge is -2.48. The molecule has 3 nitrogen and oxygen atoms in total. The summed E-state index contributed by atoms with van der Waals surface area (Å²) in [6.07, 6.45) is 7.96. The molecule has 1 unspecified atom stereocenters. The Morgan fingerprint density at radius 3 is 2.68 bits per heavy atom. The van der Waals surface area contributed by atoms with Gasteiger partial charge in [-0.2, -0.15) is 0 Å². The monoisotopic (exact) mass is 380 g/mol. The van der Waals surface area contributed by atoms with Crippen LogP contribution in [0.1, 0.15) is 24.9 Å². The maximum Gasteiger partial charge on any atom is 0.0735 e. The molecule has 136 valence electrons. The number of nitrogens with zero attached hydrogens (tertiary/aromatic N) is 2. The number of allylic oxidation sites excluding steroid dienone is 3. The van der Waals surface area contributed by atoms with Crippen LogP contribution in [0.15, 0.2) is 42.1 Å². The van der Waals surface area contributed by atoms with E-state index in [0.717, 1.165) is 25.1 Å². The van der Waals surface area contributed by atoms with Crippen LogP contribution in [0, 0.1) is 5.92 Å². The summed E-state index contributed by atoms with van der Waals surface area (Å²) in [6, 6.07) is 6.17. The molecule has 1 heterocycles. The maximum absolute atomic E-state index is 6.60. The van der Waals surface area contributed by atoms with Crippen LogP contribution in [-0.2, 0) is 4.74 Å². The third-order valence-electron chi connectivity index (χ3n) is 5.20. The van der Waals surface area contributed by atoms with E-state index in [1.807, 2.05) is 12.1 Å². The standard InChI is InChI=1S/C20H26Cl2N2O/c1-14-4-7-16(8-5-14)24-11-10-23(2)19(13-25-3)20(24)17-9-6-15(21)12-18(17)22/h4,6-9,12,14,19-20H,5,10-11,13H2,1-3H3/t14?,19-,20+/m1/s1. The molecule has 0 bridgehead atoms. The average Bonchev–Trinajstić information content (AvgIpc) is 2.58. The van der Waals surface area contributed by atoms with Crippen LogP contribution in [0.25, 0.3) is 0 Å². The minimum absolute atomic E-state index is 0.132. The summed E-state index contributed by atoms with van der Waals surface area (Å²) in [4.78, 5) is 4.84. The summed E-state index contributed by atoms with van der Waals surface area (Å²) in [7, 11) is 3.92. The van der Waals surface area contributed by atoms with Gasteiger partial charge in [-0.15, -0.1) is 0 Å². The van der Waals surface area contributed by atoms with Gasteiger partial charge >= 0.3 is 0 Å². The van der Waals surface area contributed by atoms with Crippen LogP contribution < -0.4 is 0 Å². The molecule has 0 radical (unpaired) electrons. The molecule has 0 spiro atoms. The maximum atomic E-state index is 6.60. The number of ether oxygens (including phenoxy) is 1. The molecule has 3 atom stereocenters. The van der Waals surface area contributed by atoms with Crippen LogP contribution >= 0.6 is 23.2 Å². The molecule has 1 aromatic rings. The molecule has 1 aliphatic heterocycles. The van der Waals surface area contributed by atoms with Gasteiger partial charge in [0.15, 0.2) is 0 Å². The van der Waals surface area contributed by atoms with Crippen LogP contribution in [-0.4, -0.2) is 49.7 Å². The van der Waals surface area contributed by atoms with E-state index < -0.39 is 0 Å². The van der Waals surface area contributed by atoms with Crippen molar-refractivity contribution in [3.63, 3.8) is 0 Å². The van der Waals surface area contributed by atoms with E-state index in [2.05, 4.69) is 48.1 Å². The van der Waals surface area contributed by atoms with Crippen molar-refractivity contribution in [2.24, 2.45) is 5.92 Å². The van der Waals surface area contributed by atoms with Gasteiger partial charge in [0.2, 0.25) is 0 Å². The van der Waals surface area contributed by atoms with Crippen molar-refractivity contribution in [3.05, 3.63) is 57.7 Å². The van der Waals surface area contributed by atoms with Crippen molar-refractivity contribution < 1.29 is 4.74 Å². The summed E-state index contributed by atoms with van der Waals surface area (Å²) < 4.78 is 5.54. The Morgan fingerprint density at radius 2 is 2.04 bits per heavy atom. The molecule has 1 aromatic carbocycles. The van der Waals surface area contributed by atoms with Gasteiger partial charge in [-0.1, -0.05) is 48.3 Å². The Hall–Kier alpha value is -1.00. The fourth-order valence-corrected chi connectivity index (χ4v) is 4.26. The number of piperazine rings is 1. The average molecular weight is 381 g/mol. The molecule has 1 aliphatic carbocycles. The second kappa shape index (κ2) is 8.13. The number of benzene rings is 1. The quantitative estimate of drug-likeness (QED) is 0.747. The van der Waals surface area contributed by atoms with Crippen LogP contribution in [0.4, 0.5) is 0 Å². The minimum atomic E-state index is 0.132. The molecule has 5 heteroatoms. The van der Waals surface area contributed by atoms with E-state index in [1.165, 1.54) is 5.70 Å². The molecule has 0 aromatic heterocycles. The fraction of sp³-hybridized carbons (Fsp3) is 0.500. The zero-order valence-corrected chi connectivity index (χ0v) is 16.6. The van der Waals surface area contributed by atoms with Gasteiger partial charge < -0.3 is 9.64 Å². The van der Waals surface area contributed by atoms with Crippen molar-refractivity contribution in [2.75, 3.05) is 33.9 Å². The number of methoxy groups -OCH3 is 1. The Morgan fingerprint density at radius 1 is 1.24 bits per heavy atom. The Balaban J connectivity index is 2.01. The van der Waals surface area contributed by atoms with Gasteiger partial charge in [-0.3, -0.25) is 4.90 Å². The molecule has 1 saturated heterocycles. The second-order valence-electron chi connectivity index (χ2n) is 7.01. The molecule has 0 N–H and O–H groups in total. The summed E-state index contributed by atoms with van der Waals surface area (Å²) in [5.74, 6) is 0.601. The summed E-state index contributed by atoms with van der Waals surface area (Å²) in [5, 5.41) is 1.38. The first-order valence-corrected chi connectivity index (χ1v) is 9.56. The molecule has 3 rings (SSSR count). The lowest BCUT2D eigenvalue weighted by molar-refractivity contribution is 0.0105. The molecule has 2 aliphatic rings. The van der Waals surface area contributed by atoms with E-state index in [0.29, 0.717) is 22.6 Å². The van der Waals surface area contributed by atoms with Crippen LogP contribution in [0.3, 0.4) is 0 Å². The van der Waals surface area contributed by atoms with Gasteiger partial charge in [0.1, 0.15) is 0 Å².